The van der Waals surface area contributed by atoms with E-state index >= 15 is 0 Å². The van der Waals surface area contributed by atoms with Crippen molar-refractivity contribution < 1.29 is 5.11 Å². The van der Waals surface area contributed by atoms with Gasteiger partial charge in [-0.3, -0.25) is 4.90 Å². The molecule has 1 N–H and O–H groups in total. The molecule has 1 aliphatic heterocycles. The minimum Gasteiger partial charge on any atom is -0.387 e. The number of likely N-dealkylation sites (tertiary alicyclic amines) is 1. The van der Waals surface area contributed by atoms with Gasteiger partial charge in [0.05, 0.1) is 16.3 Å². The van der Waals surface area contributed by atoms with Gasteiger partial charge in [-0.05, 0) is 18.8 Å². The monoisotopic (exact) mass is 254 g/mol. The van der Waals surface area contributed by atoms with Crippen LogP contribution in [0.15, 0.2) is 5.38 Å². The van der Waals surface area contributed by atoms with Crippen LogP contribution in [0, 0.1) is 5.92 Å². The first-order chi connectivity index (χ1) is 8.03. The molecule has 96 valence electrons. The maximum absolute atomic E-state index is 10.2. The van der Waals surface area contributed by atoms with Gasteiger partial charge in [-0.1, -0.05) is 20.8 Å². The minimum absolute atomic E-state index is 0.338. The topological polar surface area (TPSA) is 36.4 Å². The normalized spacial score (nSPS) is 19.6. The Morgan fingerprint density at radius 3 is 2.82 bits per heavy atom. The van der Waals surface area contributed by atoms with Crippen LogP contribution in [-0.4, -0.2) is 33.7 Å². The summed E-state index contributed by atoms with van der Waals surface area (Å²) in [6.45, 7) is 8.80. The largest absolute Gasteiger partial charge is 0.387 e. The van der Waals surface area contributed by atoms with Gasteiger partial charge in [-0.15, -0.1) is 11.3 Å². The van der Waals surface area contributed by atoms with Crippen molar-refractivity contribution in [3.05, 3.63) is 16.1 Å². The van der Waals surface area contributed by atoms with Crippen LogP contribution in [0.4, 0.5) is 0 Å². The van der Waals surface area contributed by atoms with Gasteiger partial charge in [0, 0.05) is 25.0 Å². The molecular formula is C13H22N2OS. The lowest BCUT2D eigenvalue weighted by atomic mass is 9.83. The number of hydrogen-bond donors (Lipinski definition) is 1. The molecule has 1 aromatic rings. The Labute approximate surface area is 107 Å². The highest BCUT2D eigenvalue weighted by Gasteiger charge is 2.43. The van der Waals surface area contributed by atoms with Crippen molar-refractivity contribution in [2.24, 2.45) is 5.92 Å². The van der Waals surface area contributed by atoms with E-state index in [-0.39, 0.29) is 0 Å². The summed E-state index contributed by atoms with van der Waals surface area (Å²) in [5.74, 6) is 0.338. The van der Waals surface area contributed by atoms with Crippen molar-refractivity contribution in [2.75, 3.05) is 13.1 Å². The van der Waals surface area contributed by atoms with Gasteiger partial charge in [-0.25, -0.2) is 4.98 Å². The molecule has 1 aromatic heterocycles. The Kier molecular flexibility index (Phi) is 3.85. The summed E-state index contributed by atoms with van der Waals surface area (Å²) in [4.78, 5) is 6.88. The molecule has 2 rings (SSSR count). The number of thiazole rings is 1. The summed E-state index contributed by atoms with van der Waals surface area (Å²) in [6, 6.07) is 0. The maximum Gasteiger partial charge on any atom is 0.0928 e. The lowest BCUT2D eigenvalue weighted by Gasteiger charge is -2.49. The third-order valence-electron chi connectivity index (χ3n) is 3.52. The van der Waals surface area contributed by atoms with E-state index in [0.717, 1.165) is 38.2 Å². The van der Waals surface area contributed by atoms with Gasteiger partial charge in [0.1, 0.15) is 0 Å². The standard InChI is InChI=1S/C13H22N2OS/c1-4-5-12-14-11(7-17-12)6-15-8-13(16,9-15)10(2)3/h7,10,16H,4-6,8-9H2,1-3H3. The molecule has 3 nitrogen and oxygen atoms in total. The minimum atomic E-state index is -0.470. The Morgan fingerprint density at radius 1 is 1.53 bits per heavy atom. The van der Waals surface area contributed by atoms with E-state index in [1.54, 1.807) is 11.3 Å². The van der Waals surface area contributed by atoms with Crippen LogP contribution >= 0.6 is 11.3 Å². The van der Waals surface area contributed by atoms with Crippen LogP contribution in [0.3, 0.4) is 0 Å². The summed E-state index contributed by atoms with van der Waals surface area (Å²) in [5.41, 5.74) is 0.687. The van der Waals surface area contributed by atoms with Crippen molar-refractivity contribution in [3.63, 3.8) is 0 Å². The molecule has 17 heavy (non-hydrogen) atoms. The second-order valence-electron chi connectivity index (χ2n) is 5.39. The molecule has 0 unspecified atom stereocenters. The van der Waals surface area contributed by atoms with Crippen molar-refractivity contribution in [3.8, 4) is 0 Å². The predicted octanol–water partition coefficient (Wildman–Crippen LogP) is 2.30. The molecule has 0 bridgehead atoms. The number of aliphatic hydroxyl groups is 1. The van der Waals surface area contributed by atoms with E-state index in [9.17, 15) is 5.11 Å². The number of aromatic nitrogens is 1. The molecule has 0 spiro atoms. The highest BCUT2D eigenvalue weighted by Crippen LogP contribution is 2.29. The summed E-state index contributed by atoms with van der Waals surface area (Å²) in [6.07, 6.45) is 2.24. The Hall–Kier alpha value is -0.450. The first-order valence-electron chi connectivity index (χ1n) is 6.41. The zero-order chi connectivity index (χ0) is 12.5. The average molecular weight is 254 g/mol. The molecular weight excluding hydrogens is 232 g/mol. The van der Waals surface area contributed by atoms with E-state index in [0.29, 0.717) is 5.92 Å². The van der Waals surface area contributed by atoms with Gasteiger partial charge in [0.25, 0.3) is 0 Å². The van der Waals surface area contributed by atoms with E-state index in [2.05, 4.69) is 36.0 Å². The zero-order valence-electron chi connectivity index (χ0n) is 10.9. The molecule has 0 aliphatic carbocycles. The molecule has 1 fully saturated rings. The molecule has 0 amide bonds. The number of β-amino-alcohol motifs (C(OH)–C–C–N with tert-alkyl or cyclic N) is 1. The van der Waals surface area contributed by atoms with E-state index < -0.39 is 5.60 Å². The fraction of sp³-hybridized carbons (Fsp3) is 0.769. The summed E-state index contributed by atoms with van der Waals surface area (Å²) < 4.78 is 0. The van der Waals surface area contributed by atoms with Crippen LogP contribution in [0.1, 0.15) is 37.9 Å². The smallest absolute Gasteiger partial charge is 0.0928 e. The SMILES string of the molecule is CCCc1nc(CN2CC(O)(C(C)C)C2)cs1. The second-order valence-corrected chi connectivity index (χ2v) is 6.33. The van der Waals surface area contributed by atoms with Crippen molar-refractivity contribution in [1.82, 2.24) is 9.88 Å². The predicted molar refractivity (Wildman–Crippen MR) is 71.2 cm³/mol. The van der Waals surface area contributed by atoms with Crippen LogP contribution in [-0.2, 0) is 13.0 Å². The lowest BCUT2D eigenvalue weighted by Crippen LogP contribution is -2.63. The highest BCUT2D eigenvalue weighted by molar-refractivity contribution is 7.09. The summed E-state index contributed by atoms with van der Waals surface area (Å²) in [5, 5.41) is 13.6. The number of nitrogens with zero attached hydrogens (tertiary/aromatic N) is 2. The van der Waals surface area contributed by atoms with Crippen LogP contribution in [0.5, 0.6) is 0 Å². The van der Waals surface area contributed by atoms with Crippen molar-refractivity contribution in [1.29, 1.82) is 0 Å². The van der Waals surface area contributed by atoms with Gasteiger partial charge in [-0.2, -0.15) is 0 Å². The molecule has 0 aromatic carbocycles. The third kappa shape index (κ3) is 2.87. The van der Waals surface area contributed by atoms with Gasteiger partial charge >= 0.3 is 0 Å². The number of hydrogen-bond acceptors (Lipinski definition) is 4. The maximum atomic E-state index is 10.2. The van der Waals surface area contributed by atoms with Crippen LogP contribution < -0.4 is 0 Å². The fourth-order valence-electron chi connectivity index (χ4n) is 2.18. The average Bonchev–Trinajstić information content (AvgIpc) is 2.63. The van der Waals surface area contributed by atoms with Gasteiger partial charge in [0.15, 0.2) is 0 Å². The Morgan fingerprint density at radius 2 is 2.24 bits per heavy atom. The van der Waals surface area contributed by atoms with Crippen molar-refractivity contribution in [2.45, 2.75) is 45.8 Å². The quantitative estimate of drug-likeness (QED) is 0.876. The second kappa shape index (κ2) is 5.04. The van der Waals surface area contributed by atoms with E-state index in [4.69, 9.17) is 0 Å². The lowest BCUT2D eigenvalue weighted by molar-refractivity contribution is -0.131. The first-order valence-corrected chi connectivity index (χ1v) is 7.29. The molecule has 4 heteroatoms. The molecule has 1 aliphatic rings. The molecule has 2 heterocycles. The third-order valence-corrected chi connectivity index (χ3v) is 4.48. The Bertz CT molecular complexity index is 369. The summed E-state index contributed by atoms with van der Waals surface area (Å²) >= 11 is 1.76. The molecule has 0 atom stereocenters. The van der Waals surface area contributed by atoms with Crippen LogP contribution in [0.25, 0.3) is 0 Å². The summed E-state index contributed by atoms with van der Waals surface area (Å²) in [7, 11) is 0. The van der Waals surface area contributed by atoms with Crippen LogP contribution in [0.2, 0.25) is 0 Å². The number of aryl methyl sites for hydroxylation is 1. The van der Waals surface area contributed by atoms with Crippen molar-refractivity contribution >= 4 is 11.3 Å². The van der Waals surface area contributed by atoms with Gasteiger partial charge in [0.2, 0.25) is 0 Å². The van der Waals surface area contributed by atoms with E-state index in [1.165, 1.54) is 5.01 Å². The highest BCUT2D eigenvalue weighted by atomic mass is 32.1. The van der Waals surface area contributed by atoms with E-state index in [1.807, 2.05) is 0 Å². The number of rotatable bonds is 5. The zero-order valence-corrected chi connectivity index (χ0v) is 11.8. The van der Waals surface area contributed by atoms with Gasteiger partial charge < -0.3 is 5.11 Å². The molecule has 1 saturated heterocycles. The fourth-order valence-corrected chi connectivity index (χ4v) is 3.08. The molecule has 0 saturated carbocycles. The Balaban J connectivity index is 1.83. The first kappa shape index (κ1) is 13.0. The molecule has 0 radical (unpaired) electrons.